The number of para-hydroxylation sites is 1. The van der Waals surface area contributed by atoms with Crippen molar-refractivity contribution in [1.29, 1.82) is 0 Å². The van der Waals surface area contributed by atoms with Crippen molar-refractivity contribution in [3.8, 4) is 0 Å². The number of hydrogen-bond acceptors (Lipinski definition) is 2. The topological polar surface area (TPSA) is 63.4 Å². The Balaban J connectivity index is 1.98. The third-order valence-corrected chi connectivity index (χ3v) is 5.68. The van der Waals surface area contributed by atoms with Crippen molar-refractivity contribution >= 4 is 29.1 Å². The SMILES string of the molecule is NC(=O)c1ccc(CC(=O)N(c2ccccc2Cl)C2CCCCC2)c(C(F)(F)F)c1. The lowest BCUT2D eigenvalue weighted by molar-refractivity contribution is -0.138. The third-order valence-electron chi connectivity index (χ3n) is 5.36. The Morgan fingerprint density at radius 3 is 2.33 bits per heavy atom. The summed E-state index contributed by atoms with van der Waals surface area (Å²) in [7, 11) is 0. The normalized spacial score (nSPS) is 15.1. The van der Waals surface area contributed by atoms with E-state index in [9.17, 15) is 22.8 Å². The van der Waals surface area contributed by atoms with Crippen LogP contribution in [0.5, 0.6) is 0 Å². The predicted octanol–water partition coefficient (Wildman–Crippen LogP) is 5.37. The van der Waals surface area contributed by atoms with Crippen molar-refractivity contribution in [3.63, 3.8) is 0 Å². The van der Waals surface area contributed by atoms with Gasteiger partial charge in [-0.1, -0.05) is 49.1 Å². The molecule has 0 unspecified atom stereocenters. The maximum absolute atomic E-state index is 13.6. The summed E-state index contributed by atoms with van der Waals surface area (Å²) < 4.78 is 40.8. The number of carbonyl (C=O) groups excluding carboxylic acids is 2. The zero-order valence-electron chi connectivity index (χ0n) is 16.2. The van der Waals surface area contributed by atoms with Crippen LogP contribution in [0.4, 0.5) is 18.9 Å². The Hall–Kier alpha value is -2.54. The molecule has 0 bridgehead atoms. The van der Waals surface area contributed by atoms with Gasteiger partial charge < -0.3 is 10.6 Å². The molecule has 2 aromatic carbocycles. The van der Waals surface area contributed by atoms with Gasteiger partial charge in [-0.2, -0.15) is 13.2 Å². The number of nitrogens with two attached hydrogens (primary N) is 1. The van der Waals surface area contributed by atoms with Crippen LogP contribution in [0.2, 0.25) is 5.02 Å². The molecule has 2 N–H and O–H groups in total. The van der Waals surface area contributed by atoms with E-state index in [1.54, 1.807) is 29.2 Å². The highest BCUT2D eigenvalue weighted by Gasteiger charge is 2.36. The molecule has 0 heterocycles. The van der Waals surface area contributed by atoms with Crippen molar-refractivity contribution < 1.29 is 22.8 Å². The molecule has 30 heavy (non-hydrogen) atoms. The van der Waals surface area contributed by atoms with Crippen LogP contribution in [0, 0.1) is 0 Å². The van der Waals surface area contributed by atoms with Gasteiger partial charge in [0, 0.05) is 11.6 Å². The first kappa shape index (κ1) is 22.2. The van der Waals surface area contributed by atoms with Gasteiger partial charge in [-0.15, -0.1) is 0 Å². The Kier molecular flexibility index (Phi) is 6.71. The lowest BCUT2D eigenvalue weighted by Gasteiger charge is -2.35. The number of halogens is 4. The number of alkyl halides is 3. The molecule has 2 amide bonds. The fourth-order valence-electron chi connectivity index (χ4n) is 3.92. The van der Waals surface area contributed by atoms with E-state index in [1.807, 2.05) is 0 Å². The van der Waals surface area contributed by atoms with E-state index in [0.717, 1.165) is 38.2 Å². The van der Waals surface area contributed by atoms with Crippen LogP contribution in [-0.2, 0) is 17.4 Å². The van der Waals surface area contributed by atoms with E-state index >= 15 is 0 Å². The second kappa shape index (κ2) is 9.08. The molecule has 0 atom stereocenters. The van der Waals surface area contributed by atoms with Crippen molar-refractivity contribution in [3.05, 3.63) is 64.2 Å². The lowest BCUT2D eigenvalue weighted by atomic mass is 9.92. The molecule has 8 heteroatoms. The maximum Gasteiger partial charge on any atom is 0.416 e. The van der Waals surface area contributed by atoms with E-state index in [1.165, 1.54) is 6.07 Å². The molecule has 0 aromatic heterocycles. The third kappa shape index (κ3) is 4.95. The molecule has 0 saturated heterocycles. The molecular formula is C22H22ClF3N2O2. The van der Waals surface area contributed by atoms with Gasteiger partial charge in [0.15, 0.2) is 0 Å². The van der Waals surface area contributed by atoms with Gasteiger partial charge in [-0.25, -0.2) is 0 Å². The zero-order chi connectivity index (χ0) is 21.9. The Morgan fingerprint density at radius 2 is 1.73 bits per heavy atom. The van der Waals surface area contributed by atoms with Gasteiger partial charge in [0.25, 0.3) is 0 Å². The molecule has 0 radical (unpaired) electrons. The van der Waals surface area contributed by atoms with Crippen LogP contribution < -0.4 is 10.6 Å². The highest BCUT2D eigenvalue weighted by atomic mass is 35.5. The molecule has 1 aliphatic carbocycles. The number of nitrogens with zero attached hydrogens (tertiary/aromatic N) is 1. The number of hydrogen-bond donors (Lipinski definition) is 1. The number of rotatable bonds is 5. The van der Waals surface area contributed by atoms with Crippen LogP contribution in [-0.4, -0.2) is 17.9 Å². The quantitative estimate of drug-likeness (QED) is 0.682. The standard InChI is InChI=1S/C22H22ClF3N2O2/c23-18-8-4-5-9-19(18)28(16-6-2-1-3-7-16)20(29)13-14-10-11-15(21(27)30)12-17(14)22(24,25)26/h4-5,8-12,16H,1-3,6-7,13H2,(H2,27,30). The first-order chi connectivity index (χ1) is 14.2. The summed E-state index contributed by atoms with van der Waals surface area (Å²) in [5, 5.41) is 0.372. The molecule has 0 aliphatic heterocycles. The molecule has 1 fully saturated rings. The fraction of sp³-hybridized carbons (Fsp3) is 0.364. The summed E-state index contributed by atoms with van der Waals surface area (Å²) in [5.41, 5.74) is 4.13. The van der Waals surface area contributed by atoms with Crippen LogP contribution in [0.1, 0.15) is 53.6 Å². The first-order valence-corrected chi connectivity index (χ1v) is 10.1. The molecular weight excluding hydrogens is 417 g/mol. The largest absolute Gasteiger partial charge is 0.416 e. The molecule has 1 saturated carbocycles. The molecule has 0 spiro atoms. The van der Waals surface area contributed by atoms with Gasteiger partial charge in [0.1, 0.15) is 0 Å². The molecule has 4 nitrogen and oxygen atoms in total. The van der Waals surface area contributed by atoms with Crippen molar-refractivity contribution in [1.82, 2.24) is 0 Å². The Bertz CT molecular complexity index is 940. The number of carbonyl (C=O) groups is 2. The smallest absolute Gasteiger partial charge is 0.366 e. The van der Waals surface area contributed by atoms with Gasteiger partial charge in [0.2, 0.25) is 11.8 Å². The number of primary amides is 1. The van der Waals surface area contributed by atoms with Gasteiger partial charge in [-0.3, -0.25) is 9.59 Å². The average Bonchev–Trinajstić information content (AvgIpc) is 2.70. The number of anilines is 1. The molecule has 1 aliphatic rings. The van der Waals surface area contributed by atoms with Crippen LogP contribution in [0.3, 0.4) is 0 Å². The maximum atomic E-state index is 13.6. The zero-order valence-corrected chi connectivity index (χ0v) is 17.0. The summed E-state index contributed by atoms with van der Waals surface area (Å²) in [5.74, 6) is -1.43. The summed E-state index contributed by atoms with van der Waals surface area (Å²) >= 11 is 6.32. The summed E-state index contributed by atoms with van der Waals surface area (Å²) in [4.78, 5) is 26.1. The Labute approximate surface area is 177 Å². The van der Waals surface area contributed by atoms with Crippen molar-refractivity contribution in [2.75, 3.05) is 4.90 Å². The van der Waals surface area contributed by atoms with Crippen LogP contribution in [0.15, 0.2) is 42.5 Å². The van der Waals surface area contributed by atoms with E-state index in [-0.39, 0.29) is 17.2 Å². The van der Waals surface area contributed by atoms with E-state index < -0.39 is 30.0 Å². The fourth-order valence-corrected chi connectivity index (χ4v) is 4.14. The minimum absolute atomic E-state index is 0.120. The van der Waals surface area contributed by atoms with Gasteiger partial charge in [-0.05, 0) is 42.7 Å². The van der Waals surface area contributed by atoms with Gasteiger partial charge in [0.05, 0.1) is 22.7 Å². The second-order valence-electron chi connectivity index (χ2n) is 7.42. The van der Waals surface area contributed by atoms with Crippen molar-refractivity contribution in [2.24, 2.45) is 5.73 Å². The monoisotopic (exact) mass is 438 g/mol. The number of benzene rings is 2. The predicted molar refractivity (Wildman–Crippen MR) is 109 cm³/mol. The van der Waals surface area contributed by atoms with Gasteiger partial charge >= 0.3 is 6.18 Å². The van der Waals surface area contributed by atoms with E-state index in [2.05, 4.69) is 0 Å². The summed E-state index contributed by atoms with van der Waals surface area (Å²) in [6, 6.07) is 9.77. The highest BCUT2D eigenvalue weighted by Crippen LogP contribution is 2.36. The average molecular weight is 439 g/mol. The molecule has 3 rings (SSSR count). The lowest BCUT2D eigenvalue weighted by Crippen LogP contribution is -2.43. The van der Waals surface area contributed by atoms with Crippen molar-refractivity contribution in [2.45, 2.75) is 50.7 Å². The van der Waals surface area contributed by atoms with E-state index in [4.69, 9.17) is 17.3 Å². The Morgan fingerprint density at radius 1 is 1.07 bits per heavy atom. The van der Waals surface area contributed by atoms with Crippen LogP contribution in [0.25, 0.3) is 0 Å². The summed E-state index contributed by atoms with van der Waals surface area (Å²) in [6.07, 6.45) is -0.696. The highest BCUT2D eigenvalue weighted by molar-refractivity contribution is 6.33. The molecule has 160 valence electrons. The minimum atomic E-state index is -4.72. The second-order valence-corrected chi connectivity index (χ2v) is 7.82. The van der Waals surface area contributed by atoms with Crippen LogP contribution >= 0.6 is 11.6 Å². The first-order valence-electron chi connectivity index (χ1n) is 9.75. The molecule has 2 aromatic rings. The number of amides is 2. The van der Waals surface area contributed by atoms with E-state index in [0.29, 0.717) is 16.8 Å². The minimum Gasteiger partial charge on any atom is -0.366 e. The summed E-state index contributed by atoms with van der Waals surface area (Å²) in [6.45, 7) is 0.